The number of nitrogens with one attached hydrogen (secondary N) is 2. The first-order chi connectivity index (χ1) is 10.1. The topological polar surface area (TPSA) is 75.1 Å². The van der Waals surface area contributed by atoms with Crippen molar-refractivity contribution in [3.63, 3.8) is 0 Å². The zero-order chi connectivity index (χ0) is 14.8. The number of hydrogen-bond acceptors (Lipinski definition) is 4. The molecule has 1 amide bonds. The predicted molar refractivity (Wildman–Crippen MR) is 83.4 cm³/mol. The van der Waals surface area contributed by atoms with Crippen LogP contribution in [-0.2, 0) is 4.79 Å². The Kier molecular flexibility index (Phi) is 3.83. The zero-order valence-electron chi connectivity index (χ0n) is 12.0. The maximum atomic E-state index is 11.8. The molecule has 110 valence electrons. The van der Waals surface area contributed by atoms with E-state index in [2.05, 4.69) is 34.3 Å². The number of nitrogens with zero attached hydrogens (tertiary/aromatic N) is 3. The number of H-pyrrole nitrogens is 1. The number of thioether (sulfide) groups is 1. The minimum absolute atomic E-state index is 0.0225. The molecular formula is C14H17N5OS. The van der Waals surface area contributed by atoms with E-state index in [-0.39, 0.29) is 5.91 Å². The molecule has 0 saturated heterocycles. The monoisotopic (exact) mass is 303 g/mol. The van der Waals surface area contributed by atoms with Crippen molar-refractivity contribution in [2.75, 3.05) is 12.3 Å². The molecule has 1 aromatic carbocycles. The number of hydrogen-bond donors (Lipinski definition) is 2. The molecule has 2 aromatic heterocycles. The van der Waals surface area contributed by atoms with Gasteiger partial charge in [-0.05, 0) is 18.1 Å². The van der Waals surface area contributed by atoms with E-state index < -0.39 is 0 Å². The molecule has 0 fully saturated rings. The van der Waals surface area contributed by atoms with Gasteiger partial charge in [0.15, 0.2) is 5.16 Å². The number of carbonyl (C=O) groups is 1. The van der Waals surface area contributed by atoms with Crippen molar-refractivity contribution in [1.29, 1.82) is 0 Å². The molecule has 0 saturated carbocycles. The quantitative estimate of drug-likeness (QED) is 0.708. The van der Waals surface area contributed by atoms with Crippen LogP contribution in [-0.4, -0.2) is 37.8 Å². The van der Waals surface area contributed by atoms with Gasteiger partial charge in [-0.1, -0.05) is 37.7 Å². The predicted octanol–water partition coefficient (Wildman–Crippen LogP) is 2.07. The number of imidazole rings is 1. The van der Waals surface area contributed by atoms with Gasteiger partial charge in [0.1, 0.15) is 0 Å². The lowest BCUT2D eigenvalue weighted by atomic mass is 10.2. The number of para-hydroxylation sites is 2. The summed E-state index contributed by atoms with van der Waals surface area (Å²) in [4.78, 5) is 16.2. The lowest BCUT2D eigenvalue weighted by molar-refractivity contribution is -0.118. The van der Waals surface area contributed by atoms with Crippen LogP contribution in [0.1, 0.15) is 13.8 Å². The number of rotatable bonds is 5. The van der Waals surface area contributed by atoms with E-state index in [9.17, 15) is 4.79 Å². The molecule has 0 radical (unpaired) electrons. The van der Waals surface area contributed by atoms with E-state index in [1.165, 1.54) is 11.8 Å². The fourth-order valence-electron chi connectivity index (χ4n) is 2.04. The first-order valence-electron chi connectivity index (χ1n) is 6.86. The van der Waals surface area contributed by atoms with Gasteiger partial charge in [-0.3, -0.25) is 9.20 Å². The van der Waals surface area contributed by atoms with Crippen molar-refractivity contribution in [3.05, 3.63) is 24.3 Å². The van der Waals surface area contributed by atoms with Gasteiger partial charge in [-0.25, -0.2) is 10.1 Å². The third-order valence-corrected chi connectivity index (χ3v) is 3.98. The highest BCUT2D eigenvalue weighted by molar-refractivity contribution is 7.99. The van der Waals surface area contributed by atoms with Crippen molar-refractivity contribution in [2.24, 2.45) is 5.92 Å². The Labute approximate surface area is 126 Å². The number of aromatic amines is 1. The molecule has 3 aromatic rings. The van der Waals surface area contributed by atoms with Crippen LogP contribution in [0.2, 0.25) is 0 Å². The summed E-state index contributed by atoms with van der Waals surface area (Å²) in [6, 6.07) is 7.87. The van der Waals surface area contributed by atoms with E-state index in [1.54, 1.807) is 0 Å². The Morgan fingerprint density at radius 3 is 3.05 bits per heavy atom. The smallest absolute Gasteiger partial charge is 0.231 e. The summed E-state index contributed by atoms with van der Waals surface area (Å²) < 4.78 is 1.94. The number of amides is 1. The minimum atomic E-state index is 0.0225. The van der Waals surface area contributed by atoms with E-state index >= 15 is 0 Å². The second kappa shape index (κ2) is 5.77. The number of benzene rings is 1. The fraction of sp³-hybridized carbons (Fsp3) is 0.357. The van der Waals surface area contributed by atoms with Crippen molar-refractivity contribution >= 4 is 34.5 Å². The van der Waals surface area contributed by atoms with Crippen LogP contribution >= 0.6 is 11.8 Å². The van der Waals surface area contributed by atoms with E-state index in [0.717, 1.165) is 16.2 Å². The van der Waals surface area contributed by atoms with Crippen molar-refractivity contribution < 1.29 is 4.79 Å². The van der Waals surface area contributed by atoms with Crippen molar-refractivity contribution in [2.45, 2.75) is 19.0 Å². The average Bonchev–Trinajstić information content (AvgIpc) is 3.02. The minimum Gasteiger partial charge on any atom is -0.355 e. The van der Waals surface area contributed by atoms with Gasteiger partial charge in [-0.15, -0.1) is 5.10 Å². The molecule has 0 aliphatic carbocycles. The fourth-order valence-corrected chi connectivity index (χ4v) is 2.82. The molecule has 0 aliphatic rings. The molecule has 0 aliphatic heterocycles. The summed E-state index contributed by atoms with van der Waals surface area (Å²) in [6.07, 6.45) is 0. The maximum Gasteiger partial charge on any atom is 0.231 e. The van der Waals surface area contributed by atoms with Gasteiger partial charge in [0.25, 0.3) is 0 Å². The van der Waals surface area contributed by atoms with E-state index in [0.29, 0.717) is 24.0 Å². The molecule has 21 heavy (non-hydrogen) atoms. The Balaban J connectivity index is 1.77. The molecule has 0 spiro atoms. The van der Waals surface area contributed by atoms with Gasteiger partial charge in [0.05, 0.1) is 16.8 Å². The molecule has 3 rings (SSSR count). The largest absolute Gasteiger partial charge is 0.355 e. The Morgan fingerprint density at radius 1 is 1.43 bits per heavy atom. The van der Waals surface area contributed by atoms with Crippen LogP contribution in [0.15, 0.2) is 29.4 Å². The summed E-state index contributed by atoms with van der Waals surface area (Å²) in [5.41, 5.74) is 1.91. The first kappa shape index (κ1) is 13.9. The lowest BCUT2D eigenvalue weighted by Crippen LogP contribution is -2.28. The second-order valence-corrected chi connectivity index (χ2v) is 6.19. The summed E-state index contributed by atoms with van der Waals surface area (Å²) in [5, 5.41) is 10.8. The average molecular weight is 303 g/mol. The van der Waals surface area contributed by atoms with Crippen LogP contribution in [0.25, 0.3) is 16.8 Å². The van der Waals surface area contributed by atoms with Crippen LogP contribution in [0.4, 0.5) is 0 Å². The molecular weight excluding hydrogens is 286 g/mol. The maximum absolute atomic E-state index is 11.8. The lowest BCUT2D eigenvalue weighted by Gasteiger charge is -2.06. The number of fused-ring (bicyclic) bond motifs is 3. The van der Waals surface area contributed by atoms with Crippen LogP contribution in [0.5, 0.6) is 0 Å². The Bertz CT molecular complexity index is 776. The van der Waals surface area contributed by atoms with Crippen LogP contribution < -0.4 is 5.32 Å². The van der Waals surface area contributed by atoms with E-state index in [4.69, 9.17) is 0 Å². The normalized spacial score (nSPS) is 11.6. The third kappa shape index (κ3) is 2.87. The van der Waals surface area contributed by atoms with Crippen LogP contribution in [0, 0.1) is 5.92 Å². The van der Waals surface area contributed by atoms with Gasteiger partial charge < -0.3 is 5.32 Å². The molecule has 7 heteroatoms. The van der Waals surface area contributed by atoms with Gasteiger partial charge in [-0.2, -0.15) is 0 Å². The number of carbonyl (C=O) groups excluding carboxylic acids is 1. The van der Waals surface area contributed by atoms with Gasteiger partial charge >= 0.3 is 0 Å². The SMILES string of the molecule is CC(C)CNC(=O)CSc1n[nH]c2nc3ccccc3n12. The Hall–Kier alpha value is -2.02. The third-order valence-electron chi connectivity index (χ3n) is 3.04. The Morgan fingerprint density at radius 2 is 2.24 bits per heavy atom. The summed E-state index contributed by atoms with van der Waals surface area (Å²) in [5.74, 6) is 1.52. The highest BCUT2D eigenvalue weighted by Gasteiger charge is 2.13. The highest BCUT2D eigenvalue weighted by Crippen LogP contribution is 2.22. The molecule has 0 atom stereocenters. The molecule has 2 N–H and O–H groups in total. The van der Waals surface area contributed by atoms with E-state index in [1.807, 2.05) is 28.7 Å². The highest BCUT2D eigenvalue weighted by atomic mass is 32.2. The summed E-state index contributed by atoms with van der Waals surface area (Å²) in [7, 11) is 0. The van der Waals surface area contributed by atoms with Gasteiger partial charge in [0.2, 0.25) is 11.7 Å². The first-order valence-corrected chi connectivity index (χ1v) is 7.85. The zero-order valence-corrected chi connectivity index (χ0v) is 12.8. The molecule has 0 bridgehead atoms. The molecule has 6 nitrogen and oxygen atoms in total. The van der Waals surface area contributed by atoms with Gasteiger partial charge in [0, 0.05) is 6.54 Å². The molecule has 0 unspecified atom stereocenters. The van der Waals surface area contributed by atoms with Crippen molar-refractivity contribution in [1.82, 2.24) is 24.9 Å². The molecule has 2 heterocycles. The van der Waals surface area contributed by atoms with Crippen LogP contribution in [0.3, 0.4) is 0 Å². The summed E-state index contributed by atoms with van der Waals surface area (Å²) >= 11 is 1.40. The summed E-state index contributed by atoms with van der Waals surface area (Å²) in [6.45, 7) is 4.84. The van der Waals surface area contributed by atoms with Crippen molar-refractivity contribution in [3.8, 4) is 0 Å². The number of aromatic nitrogens is 4. The standard InChI is InChI=1S/C14H17N5OS/c1-9(2)7-15-12(20)8-21-14-18-17-13-16-10-5-3-4-6-11(10)19(13)14/h3-6,9H,7-8H2,1-2H3,(H,15,20)(H,16,17). The second-order valence-electron chi connectivity index (χ2n) is 5.25.